The van der Waals surface area contributed by atoms with Crippen LogP contribution in [0.4, 0.5) is 0 Å². The summed E-state index contributed by atoms with van der Waals surface area (Å²) in [6.45, 7) is 6.56. The van der Waals surface area contributed by atoms with Gasteiger partial charge >= 0.3 is 0 Å². The van der Waals surface area contributed by atoms with E-state index in [4.69, 9.17) is 9.47 Å². The van der Waals surface area contributed by atoms with Gasteiger partial charge in [0.15, 0.2) is 0 Å². The maximum Gasteiger partial charge on any atom is 0.220 e. The van der Waals surface area contributed by atoms with Crippen molar-refractivity contribution in [1.82, 2.24) is 5.32 Å². The summed E-state index contributed by atoms with van der Waals surface area (Å²) in [6, 6.07) is 13.7. The van der Waals surface area contributed by atoms with Crippen LogP contribution in [0.25, 0.3) is 0 Å². The van der Waals surface area contributed by atoms with Crippen LogP contribution in [-0.4, -0.2) is 25.7 Å². The van der Waals surface area contributed by atoms with Gasteiger partial charge in [-0.2, -0.15) is 0 Å². The molecular weight excluding hydrogens is 314 g/mol. The first-order valence-electron chi connectivity index (χ1n) is 8.60. The standard InChI is InChI=1S/C21H27NO3/c1-15-5-6-18(13-16(15)2)7-12-21(23)22-17(3)14-25-20-10-8-19(24-4)9-11-20/h5-6,8-11,13,17H,7,12,14H2,1-4H3,(H,22,23)/t17-/m1/s1. The van der Waals surface area contributed by atoms with Gasteiger partial charge in [0.1, 0.15) is 18.1 Å². The number of methoxy groups -OCH3 is 1. The van der Waals surface area contributed by atoms with Crippen LogP contribution in [0.3, 0.4) is 0 Å². The van der Waals surface area contributed by atoms with Crippen molar-refractivity contribution in [2.45, 2.75) is 39.7 Å². The topological polar surface area (TPSA) is 47.6 Å². The maximum absolute atomic E-state index is 12.1. The van der Waals surface area contributed by atoms with Gasteiger partial charge in [0.2, 0.25) is 5.91 Å². The third kappa shape index (κ3) is 6.14. The summed E-state index contributed by atoms with van der Waals surface area (Å²) in [5, 5.41) is 2.98. The minimum atomic E-state index is -0.0469. The highest BCUT2D eigenvalue weighted by Gasteiger charge is 2.09. The molecule has 0 radical (unpaired) electrons. The number of rotatable bonds is 8. The molecule has 0 spiro atoms. The lowest BCUT2D eigenvalue weighted by molar-refractivity contribution is -0.121. The van der Waals surface area contributed by atoms with Crippen LogP contribution in [0.15, 0.2) is 42.5 Å². The molecule has 0 saturated carbocycles. The molecule has 2 aromatic rings. The largest absolute Gasteiger partial charge is 0.497 e. The highest BCUT2D eigenvalue weighted by molar-refractivity contribution is 5.76. The highest BCUT2D eigenvalue weighted by atomic mass is 16.5. The Morgan fingerprint density at radius 3 is 2.36 bits per heavy atom. The molecule has 2 rings (SSSR count). The first-order chi connectivity index (χ1) is 12.0. The second-order valence-corrected chi connectivity index (χ2v) is 6.37. The lowest BCUT2D eigenvalue weighted by Gasteiger charge is -2.15. The van der Waals surface area contributed by atoms with Crippen molar-refractivity contribution < 1.29 is 14.3 Å². The molecule has 0 saturated heterocycles. The van der Waals surface area contributed by atoms with Gasteiger partial charge in [-0.1, -0.05) is 18.2 Å². The molecule has 0 bridgehead atoms. The predicted octanol–water partition coefficient (Wildman–Crippen LogP) is 3.83. The number of hydrogen-bond acceptors (Lipinski definition) is 3. The first-order valence-corrected chi connectivity index (χ1v) is 8.60. The molecule has 0 fully saturated rings. The van der Waals surface area contributed by atoms with E-state index in [9.17, 15) is 4.79 Å². The van der Waals surface area contributed by atoms with Crippen molar-refractivity contribution in [3.63, 3.8) is 0 Å². The molecular formula is C21H27NO3. The molecule has 0 heterocycles. The van der Waals surface area contributed by atoms with Gasteiger partial charge in [0.25, 0.3) is 0 Å². The van der Waals surface area contributed by atoms with E-state index in [1.165, 1.54) is 16.7 Å². The van der Waals surface area contributed by atoms with Crippen LogP contribution in [-0.2, 0) is 11.2 Å². The minimum Gasteiger partial charge on any atom is -0.497 e. The van der Waals surface area contributed by atoms with Crippen LogP contribution in [0.5, 0.6) is 11.5 Å². The van der Waals surface area contributed by atoms with E-state index < -0.39 is 0 Å². The van der Waals surface area contributed by atoms with Crippen molar-refractivity contribution >= 4 is 5.91 Å². The number of nitrogens with one attached hydrogen (secondary N) is 1. The zero-order valence-corrected chi connectivity index (χ0v) is 15.5. The number of carbonyl (C=O) groups is 1. The Balaban J connectivity index is 1.72. The molecule has 4 heteroatoms. The third-order valence-corrected chi connectivity index (χ3v) is 4.18. The number of ether oxygens (including phenoxy) is 2. The SMILES string of the molecule is COc1ccc(OC[C@@H](C)NC(=O)CCc2ccc(C)c(C)c2)cc1. The van der Waals surface area contributed by atoms with Crippen LogP contribution in [0.2, 0.25) is 0 Å². The molecule has 0 aromatic heterocycles. The Bertz CT molecular complexity index is 695. The van der Waals surface area contributed by atoms with Gasteiger partial charge in [0.05, 0.1) is 13.2 Å². The van der Waals surface area contributed by atoms with E-state index in [0.29, 0.717) is 13.0 Å². The fraction of sp³-hybridized carbons (Fsp3) is 0.381. The molecule has 0 unspecified atom stereocenters. The first kappa shape index (κ1) is 18.8. The number of hydrogen-bond donors (Lipinski definition) is 1. The molecule has 134 valence electrons. The van der Waals surface area contributed by atoms with Crippen LogP contribution in [0, 0.1) is 13.8 Å². The summed E-state index contributed by atoms with van der Waals surface area (Å²) in [4.78, 5) is 12.1. The fourth-order valence-corrected chi connectivity index (χ4v) is 2.50. The lowest BCUT2D eigenvalue weighted by Crippen LogP contribution is -2.36. The van der Waals surface area contributed by atoms with Gasteiger partial charge in [0, 0.05) is 6.42 Å². The minimum absolute atomic E-state index is 0.0454. The number of amides is 1. The summed E-state index contributed by atoms with van der Waals surface area (Å²) >= 11 is 0. The Hall–Kier alpha value is -2.49. The summed E-state index contributed by atoms with van der Waals surface area (Å²) in [6.07, 6.45) is 1.23. The maximum atomic E-state index is 12.1. The molecule has 0 aliphatic carbocycles. The molecule has 0 aliphatic rings. The highest BCUT2D eigenvalue weighted by Crippen LogP contribution is 2.17. The number of carbonyl (C=O) groups excluding carboxylic acids is 1. The van der Waals surface area contributed by atoms with E-state index in [1.807, 2.05) is 31.2 Å². The van der Waals surface area contributed by atoms with Crippen molar-refractivity contribution in [2.24, 2.45) is 0 Å². The average molecular weight is 341 g/mol. The zero-order chi connectivity index (χ0) is 18.2. The van der Waals surface area contributed by atoms with E-state index >= 15 is 0 Å². The normalized spacial score (nSPS) is 11.7. The van der Waals surface area contributed by atoms with Gasteiger partial charge in [-0.05, 0) is 68.1 Å². The Kier molecular flexibility index (Phi) is 6.87. The molecule has 4 nitrogen and oxygen atoms in total. The van der Waals surface area contributed by atoms with Crippen LogP contribution >= 0.6 is 0 Å². The van der Waals surface area contributed by atoms with Gasteiger partial charge in [-0.3, -0.25) is 4.79 Å². The second kappa shape index (κ2) is 9.11. The predicted molar refractivity (Wildman–Crippen MR) is 100 cm³/mol. The van der Waals surface area contributed by atoms with Gasteiger partial charge in [-0.25, -0.2) is 0 Å². The Morgan fingerprint density at radius 2 is 1.72 bits per heavy atom. The second-order valence-electron chi connectivity index (χ2n) is 6.37. The third-order valence-electron chi connectivity index (χ3n) is 4.18. The lowest BCUT2D eigenvalue weighted by atomic mass is 10.0. The van der Waals surface area contributed by atoms with E-state index in [2.05, 4.69) is 37.4 Å². The summed E-state index contributed by atoms with van der Waals surface area (Å²) in [7, 11) is 1.63. The van der Waals surface area contributed by atoms with Crippen LogP contribution in [0.1, 0.15) is 30.0 Å². The van der Waals surface area contributed by atoms with Crippen molar-refractivity contribution in [3.05, 3.63) is 59.2 Å². The van der Waals surface area contributed by atoms with Gasteiger partial charge in [-0.15, -0.1) is 0 Å². The number of benzene rings is 2. The Labute approximate surface area is 150 Å². The van der Waals surface area contributed by atoms with E-state index in [0.717, 1.165) is 17.9 Å². The van der Waals surface area contributed by atoms with Crippen molar-refractivity contribution in [1.29, 1.82) is 0 Å². The molecule has 1 N–H and O–H groups in total. The molecule has 1 atom stereocenters. The molecule has 2 aromatic carbocycles. The van der Waals surface area contributed by atoms with Crippen molar-refractivity contribution in [3.8, 4) is 11.5 Å². The van der Waals surface area contributed by atoms with Gasteiger partial charge < -0.3 is 14.8 Å². The van der Waals surface area contributed by atoms with E-state index in [1.54, 1.807) is 7.11 Å². The smallest absolute Gasteiger partial charge is 0.220 e. The summed E-state index contributed by atoms with van der Waals surface area (Å²) in [5.41, 5.74) is 3.73. The van der Waals surface area contributed by atoms with Crippen molar-refractivity contribution in [2.75, 3.05) is 13.7 Å². The fourth-order valence-electron chi connectivity index (χ4n) is 2.50. The van der Waals surface area contributed by atoms with E-state index in [-0.39, 0.29) is 11.9 Å². The quantitative estimate of drug-likeness (QED) is 0.794. The monoisotopic (exact) mass is 341 g/mol. The molecule has 25 heavy (non-hydrogen) atoms. The summed E-state index contributed by atoms with van der Waals surface area (Å²) in [5.74, 6) is 1.60. The molecule has 0 aliphatic heterocycles. The average Bonchev–Trinajstić information content (AvgIpc) is 2.61. The molecule has 1 amide bonds. The van der Waals surface area contributed by atoms with Crippen LogP contribution < -0.4 is 14.8 Å². The Morgan fingerprint density at radius 1 is 1.04 bits per heavy atom. The summed E-state index contributed by atoms with van der Waals surface area (Å²) < 4.78 is 10.8. The zero-order valence-electron chi connectivity index (χ0n) is 15.5. The number of aryl methyl sites for hydroxylation is 3.